The molecule has 1 atom stereocenters. The molecule has 6 nitrogen and oxygen atoms in total. The first kappa shape index (κ1) is 18.1. The van der Waals surface area contributed by atoms with E-state index in [1.165, 1.54) is 6.33 Å². The van der Waals surface area contributed by atoms with Crippen LogP contribution in [0.2, 0.25) is 5.02 Å². The maximum atomic E-state index is 12.4. The number of nitrogens with one attached hydrogen (secondary N) is 1. The lowest BCUT2D eigenvalue weighted by molar-refractivity contribution is 0.409. The number of hydrogen-bond donors (Lipinski definition) is 1. The molecule has 2 aromatic rings. The highest BCUT2D eigenvalue weighted by Gasteiger charge is 2.24. The van der Waals surface area contributed by atoms with E-state index in [0.29, 0.717) is 28.8 Å². The maximum absolute atomic E-state index is 12.4. The third-order valence-electron chi connectivity index (χ3n) is 4.36. The van der Waals surface area contributed by atoms with Gasteiger partial charge in [0.15, 0.2) is 5.82 Å². The largest absolute Gasteiger partial charge is 0.355 e. The van der Waals surface area contributed by atoms with Gasteiger partial charge in [-0.3, -0.25) is 0 Å². The van der Waals surface area contributed by atoms with Crippen molar-refractivity contribution in [2.24, 2.45) is 5.92 Å². The fourth-order valence-electron chi connectivity index (χ4n) is 2.99. The van der Waals surface area contributed by atoms with Crippen LogP contribution in [0.5, 0.6) is 0 Å². The minimum atomic E-state index is -3.49. The number of sulfonamides is 1. The Kier molecular flexibility index (Phi) is 5.56. The minimum absolute atomic E-state index is 0.208. The van der Waals surface area contributed by atoms with Crippen molar-refractivity contribution < 1.29 is 8.42 Å². The minimum Gasteiger partial charge on any atom is -0.355 e. The molecular weight excluding hydrogens is 360 g/mol. The van der Waals surface area contributed by atoms with Crippen molar-refractivity contribution in [2.75, 3.05) is 24.5 Å². The van der Waals surface area contributed by atoms with Gasteiger partial charge in [-0.2, -0.15) is 0 Å². The number of hydrogen-bond acceptors (Lipinski definition) is 5. The normalized spacial score (nSPS) is 18.3. The van der Waals surface area contributed by atoms with E-state index < -0.39 is 10.0 Å². The highest BCUT2D eigenvalue weighted by atomic mass is 35.5. The van der Waals surface area contributed by atoms with Gasteiger partial charge >= 0.3 is 0 Å². The molecule has 1 N–H and O–H groups in total. The van der Waals surface area contributed by atoms with Crippen LogP contribution in [0.4, 0.5) is 5.82 Å². The molecular formula is C17H21ClN4O2S. The molecule has 0 radical (unpaired) electrons. The van der Waals surface area contributed by atoms with Gasteiger partial charge in [-0.1, -0.05) is 29.3 Å². The van der Waals surface area contributed by atoms with Gasteiger partial charge in [-0.15, -0.1) is 0 Å². The monoisotopic (exact) mass is 380 g/mol. The molecule has 1 aromatic carbocycles. The summed E-state index contributed by atoms with van der Waals surface area (Å²) in [5, 5.41) is 0.517. The highest BCUT2D eigenvalue weighted by Crippen LogP contribution is 2.26. The fraction of sp³-hybridized carbons (Fsp3) is 0.412. The zero-order valence-electron chi connectivity index (χ0n) is 14.0. The Labute approximate surface area is 153 Å². The third kappa shape index (κ3) is 4.48. The summed E-state index contributed by atoms with van der Waals surface area (Å²) in [5.41, 5.74) is 1.03. The second-order valence-corrected chi connectivity index (χ2v) is 8.49. The zero-order chi connectivity index (χ0) is 17.9. The highest BCUT2D eigenvalue weighted by molar-refractivity contribution is 7.89. The first-order chi connectivity index (χ1) is 12.0. The van der Waals surface area contributed by atoms with Gasteiger partial charge in [0.1, 0.15) is 11.3 Å². The van der Waals surface area contributed by atoms with Gasteiger partial charge in [0.2, 0.25) is 10.0 Å². The molecule has 2 heterocycles. The summed E-state index contributed by atoms with van der Waals surface area (Å²) in [4.78, 5) is 10.5. The lowest BCUT2D eigenvalue weighted by atomic mass is 9.98. The Hall–Kier alpha value is -1.70. The van der Waals surface area contributed by atoms with Gasteiger partial charge in [0.05, 0.1) is 11.1 Å². The van der Waals surface area contributed by atoms with E-state index in [0.717, 1.165) is 24.9 Å². The van der Waals surface area contributed by atoms with E-state index in [1.54, 1.807) is 30.5 Å². The van der Waals surface area contributed by atoms with Gasteiger partial charge < -0.3 is 4.90 Å². The van der Waals surface area contributed by atoms with Crippen LogP contribution in [-0.2, 0) is 10.0 Å². The van der Waals surface area contributed by atoms with Crippen molar-refractivity contribution in [3.8, 4) is 0 Å². The quantitative estimate of drug-likeness (QED) is 0.863. The van der Waals surface area contributed by atoms with Crippen LogP contribution < -0.4 is 9.62 Å². The molecule has 8 heteroatoms. The van der Waals surface area contributed by atoms with Crippen LogP contribution in [0.15, 0.2) is 41.7 Å². The lowest BCUT2D eigenvalue weighted by Gasteiger charge is -2.33. The topological polar surface area (TPSA) is 75.2 Å². The Morgan fingerprint density at radius 3 is 2.80 bits per heavy atom. The molecule has 1 saturated heterocycles. The number of halogens is 1. The number of aromatic nitrogens is 2. The molecule has 1 aromatic heterocycles. The molecule has 1 aliphatic heterocycles. The summed E-state index contributed by atoms with van der Waals surface area (Å²) in [7, 11) is -3.49. The van der Waals surface area contributed by atoms with E-state index >= 15 is 0 Å². The molecule has 0 amide bonds. The molecule has 0 spiro atoms. The maximum Gasteiger partial charge on any atom is 0.240 e. The molecule has 1 fully saturated rings. The fourth-order valence-corrected chi connectivity index (χ4v) is 4.33. The molecule has 0 aliphatic carbocycles. The third-order valence-corrected chi connectivity index (χ3v) is 6.07. The number of benzene rings is 1. The van der Waals surface area contributed by atoms with Crippen molar-refractivity contribution in [1.82, 2.24) is 14.7 Å². The second kappa shape index (κ2) is 7.68. The van der Waals surface area contributed by atoms with E-state index in [4.69, 9.17) is 11.6 Å². The predicted octanol–water partition coefficient (Wildman–Crippen LogP) is 2.63. The number of anilines is 1. The Morgan fingerprint density at radius 2 is 2.08 bits per heavy atom. The Balaban J connectivity index is 1.63. The molecule has 1 aliphatic rings. The summed E-state index contributed by atoms with van der Waals surface area (Å²) in [5.74, 6) is 0.919. The Morgan fingerprint density at radius 1 is 1.32 bits per heavy atom. The number of aryl methyl sites for hydroxylation is 1. The smallest absolute Gasteiger partial charge is 0.240 e. The second-order valence-electron chi connectivity index (χ2n) is 6.31. The molecule has 0 saturated carbocycles. The number of rotatable bonds is 5. The summed E-state index contributed by atoms with van der Waals surface area (Å²) in [6, 6.07) is 6.86. The SMILES string of the molecule is Cc1ccc(S(=O)(=O)NCC2CCCN(c3ncncc3Cl)C2)cc1. The predicted molar refractivity (Wildman–Crippen MR) is 98.3 cm³/mol. The van der Waals surface area contributed by atoms with Gasteiger partial charge in [0.25, 0.3) is 0 Å². The van der Waals surface area contributed by atoms with E-state index in [2.05, 4.69) is 19.6 Å². The first-order valence-electron chi connectivity index (χ1n) is 8.22. The van der Waals surface area contributed by atoms with Crippen LogP contribution >= 0.6 is 11.6 Å². The van der Waals surface area contributed by atoms with Crippen LogP contribution in [0.1, 0.15) is 18.4 Å². The van der Waals surface area contributed by atoms with E-state index in [9.17, 15) is 8.42 Å². The summed E-state index contributed by atoms with van der Waals surface area (Å²) in [6.45, 7) is 3.90. The molecule has 3 rings (SSSR count). The lowest BCUT2D eigenvalue weighted by Crippen LogP contribution is -2.41. The van der Waals surface area contributed by atoms with Crippen LogP contribution in [0.25, 0.3) is 0 Å². The average Bonchev–Trinajstić information content (AvgIpc) is 2.61. The van der Waals surface area contributed by atoms with Gasteiger partial charge in [0, 0.05) is 19.6 Å². The van der Waals surface area contributed by atoms with Gasteiger partial charge in [-0.25, -0.2) is 23.1 Å². The zero-order valence-corrected chi connectivity index (χ0v) is 15.6. The van der Waals surface area contributed by atoms with Crippen molar-refractivity contribution in [3.05, 3.63) is 47.4 Å². The van der Waals surface area contributed by atoms with Crippen molar-refractivity contribution in [2.45, 2.75) is 24.7 Å². The molecule has 25 heavy (non-hydrogen) atoms. The number of nitrogens with zero attached hydrogens (tertiary/aromatic N) is 3. The molecule has 134 valence electrons. The summed E-state index contributed by atoms with van der Waals surface area (Å²) < 4.78 is 27.6. The summed E-state index contributed by atoms with van der Waals surface area (Å²) in [6.07, 6.45) is 4.99. The van der Waals surface area contributed by atoms with Gasteiger partial charge in [-0.05, 0) is 37.8 Å². The first-order valence-corrected chi connectivity index (χ1v) is 10.1. The average molecular weight is 381 g/mol. The van der Waals surface area contributed by atoms with Crippen LogP contribution in [-0.4, -0.2) is 38.0 Å². The standard InChI is InChI=1S/C17H21ClN4O2S/c1-13-4-6-15(7-5-13)25(23,24)21-9-14-3-2-8-22(11-14)17-16(18)10-19-12-20-17/h4-7,10,12,14,21H,2-3,8-9,11H2,1H3. The number of piperidine rings is 1. The summed E-state index contributed by atoms with van der Waals surface area (Å²) >= 11 is 6.17. The molecule has 0 bridgehead atoms. The van der Waals surface area contributed by atoms with E-state index in [1.807, 2.05) is 6.92 Å². The van der Waals surface area contributed by atoms with Crippen LogP contribution in [0, 0.1) is 12.8 Å². The van der Waals surface area contributed by atoms with Crippen molar-refractivity contribution in [3.63, 3.8) is 0 Å². The molecule has 1 unspecified atom stereocenters. The van der Waals surface area contributed by atoms with Crippen molar-refractivity contribution in [1.29, 1.82) is 0 Å². The van der Waals surface area contributed by atoms with Crippen LogP contribution in [0.3, 0.4) is 0 Å². The Bertz CT molecular complexity index is 827. The van der Waals surface area contributed by atoms with E-state index in [-0.39, 0.29) is 5.92 Å². The van der Waals surface area contributed by atoms with Crippen molar-refractivity contribution >= 4 is 27.4 Å².